The SMILES string of the molecule is CNc1ccc2c(=O)n(-c3ncc(NC(=O)NS(=O)(=O)c4cccs4)c(OC)n3)c(=O)[nH]c2c1. The molecule has 13 nitrogen and oxygen atoms in total. The van der Waals surface area contributed by atoms with Gasteiger partial charge in [0.1, 0.15) is 9.90 Å². The standard InChI is InChI=1S/C19H17N7O6S2/c1-20-10-5-6-11-12(8-10)23-19(29)26(16(11)27)17-21-9-13(15(24-17)32-2)22-18(28)25-34(30,31)14-4-3-7-33-14/h3-9,20H,1-2H3,(H,23,29)(H2,22,25,28). The third-order valence-electron chi connectivity index (χ3n) is 4.56. The number of methoxy groups -OCH3 is 1. The average Bonchev–Trinajstić information content (AvgIpc) is 3.35. The summed E-state index contributed by atoms with van der Waals surface area (Å²) in [6.07, 6.45) is 1.08. The maximum Gasteiger partial charge on any atom is 0.335 e. The molecule has 4 N–H and O–H groups in total. The second-order valence-electron chi connectivity index (χ2n) is 6.67. The van der Waals surface area contributed by atoms with Crippen LogP contribution in [0.15, 0.2) is 55.7 Å². The lowest BCUT2D eigenvalue weighted by Gasteiger charge is -2.12. The number of hydrogen-bond donors (Lipinski definition) is 4. The van der Waals surface area contributed by atoms with Gasteiger partial charge >= 0.3 is 11.7 Å². The molecule has 0 saturated carbocycles. The van der Waals surface area contributed by atoms with E-state index in [1.165, 1.54) is 19.2 Å². The highest BCUT2D eigenvalue weighted by atomic mass is 32.2. The van der Waals surface area contributed by atoms with Crippen molar-refractivity contribution >= 4 is 49.7 Å². The van der Waals surface area contributed by atoms with Crippen molar-refractivity contribution in [2.24, 2.45) is 0 Å². The van der Waals surface area contributed by atoms with Crippen molar-refractivity contribution in [1.29, 1.82) is 0 Å². The molecule has 4 aromatic rings. The molecule has 3 heterocycles. The minimum absolute atomic E-state index is 0.0436. The van der Waals surface area contributed by atoms with E-state index in [1.54, 1.807) is 30.6 Å². The third kappa shape index (κ3) is 4.33. The fourth-order valence-electron chi connectivity index (χ4n) is 3.00. The predicted molar refractivity (Wildman–Crippen MR) is 126 cm³/mol. The molecule has 176 valence electrons. The fourth-order valence-corrected chi connectivity index (χ4v) is 4.90. The number of ether oxygens (including phenoxy) is 1. The summed E-state index contributed by atoms with van der Waals surface area (Å²) in [6.45, 7) is 0. The van der Waals surface area contributed by atoms with Crippen molar-refractivity contribution in [3.05, 3.63) is 62.7 Å². The number of sulfonamides is 1. The number of hydrogen-bond acceptors (Lipinski definition) is 10. The molecule has 0 spiro atoms. The number of aromatic nitrogens is 4. The Hall–Kier alpha value is -4.24. The molecule has 2 amide bonds. The molecular formula is C19H17N7O6S2. The van der Waals surface area contributed by atoms with E-state index in [9.17, 15) is 22.8 Å². The number of thiophene rings is 1. The molecule has 0 saturated heterocycles. The van der Waals surface area contributed by atoms with Crippen molar-refractivity contribution in [1.82, 2.24) is 24.2 Å². The normalized spacial score (nSPS) is 11.2. The summed E-state index contributed by atoms with van der Waals surface area (Å²) in [7, 11) is -1.12. The number of amides is 2. The van der Waals surface area contributed by atoms with Gasteiger partial charge in [-0.1, -0.05) is 6.07 Å². The highest BCUT2D eigenvalue weighted by Gasteiger charge is 2.21. The van der Waals surface area contributed by atoms with Crippen molar-refractivity contribution in [2.45, 2.75) is 4.21 Å². The summed E-state index contributed by atoms with van der Waals surface area (Å²) >= 11 is 0.942. The van der Waals surface area contributed by atoms with Crippen LogP contribution in [0.4, 0.5) is 16.2 Å². The number of fused-ring (bicyclic) bond motifs is 1. The molecule has 0 bridgehead atoms. The fraction of sp³-hybridized carbons (Fsp3) is 0.105. The van der Waals surface area contributed by atoms with E-state index in [0.29, 0.717) is 11.2 Å². The summed E-state index contributed by atoms with van der Waals surface area (Å²) < 4.78 is 32.1. The first-order valence-corrected chi connectivity index (χ1v) is 11.9. The number of nitrogens with zero attached hydrogens (tertiary/aromatic N) is 3. The molecule has 0 unspecified atom stereocenters. The summed E-state index contributed by atoms with van der Waals surface area (Å²) in [5.41, 5.74) is -0.508. The van der Waals surface area contributed by atoms with Crippen LogP contribution < -0.4 is 31.3 Å². The molecule has 1 aromatic carbocycles. The Balaban J connectivity index is 1.66. The number of rotatable bonds is 6. The van der Waals surface area contributed by atoms with E-state index >= 15 is 0 Å². The zero-order valence-corrected chi connectivity index (χ0v) is 19.3. The van der Waals surface area contributed by atoms with Crippen LogP contribution in [0.5, 0.6) is 5.88 Å². The van der Waals surface area contributed by atoms with E-state index < -0.39 is 27.3 Å². The molecule has 4 rings (SSSR count). The molecule has 0 aliphatic carbocycles. The van der Waals surface area contributed by atoms with Crippen LogP contribution in [0.3, 0.4) is 0 Å². The Bertz CT molecular complexity index is 1610. The Labute approximate surface area is 195 Å². The van der Waals surface area contributed by atoms with Gasteiger partial charge in [0.25, 0.3) is 15.6 Å². The van der Waals surface area contributed by atoms with Gasteiger partial charge in [0, 0.05) is 12.7 Å². The Morgan fingerprint density at radius 3 is 2.71 bits per heavy atom. The molecule has 34 heavy (non-hydrogen) atoms. The number of nitrogens with one attached hydrogen (secondary N) is 4. The van der Waals surface area contributed by atoms with Crippen LogP contribution in [0, 0.1) is 0 Å². The van der Waals surface area contributed by atoms with Crippen molar-refractivity contribution in [2.75, 3.05) is 24.8 Å². The Morgan fingerprint density at radius 1 is 1.24 bits per heavy atom. The predicted octanol–water partition coefficient (Wildman–Crippen LogP) is 1.09. The lowest BCUT2D eigenvalue weighted by molar-refractivity contribution is 0.256. The summed E-state index contributed by atoms with van der Waals surface area (Å²) in [5.74, 6) is -0.509. The van der Waals surface area contributed by atoms with Gasteiger partial charge in [-0.25, -0.2) is 27.7 Å². The largest absolute Gasteiger partial charge is 0.479 e. The van der Waals surface area contributed by atoms with E-state index in [1.807, 2.05) is 4.72 Å². The van der Waals surface area contributed by atoms with Crippen LogP contribution in [-0.4, -0.2) is 48.1 Å². The van der Waals surface area contributed by atoms with E-state index in [2.05, 4.69) is 25.6 Å². The molecule has 15 heteroatoms. The highest BCUT2D eigenvalue weighted by molar-refractivity contribution is 7.92. The minimum atomic E-state index is -4.06. The summed E-state index contributed by atoms with van der Waals surface area (Å²) in [6, 6.07) is 6.62. The van der Waals surface area contributed by atoms with Crippen LogP contribution in [0.1, 0.15) is 0 Å². The molecule has 0 fully saturated rings. The van der Waals surface area contributed by atoms with Gasteiger partial charge in [-0.3, -0.25) is 4.79 Å². The smallest absolute Gasteiger partial charge is 0.335 e. The van der Waals surface area contributed by atoms with Gasteiger partial charge in [0.2, 0.25) is 11.8 Å². The summed E-state index contributed by atoms with van der Waals surface area (Å²) in [5, 5.41) is 6.97. The van der Waals surface area contributed by atoms with Crippen LogP contribution in [0.2, 0.25) is 0 Å². The number of urea groups is 1. The molecule has 0 aliphatic rings. The first kappa shape index (κ1) is 22.9. The number of carbonyl (C=O) groups is 1. The average molecular weight is 504 g/mol. The van der Waals surface area contributed by atoms with Gasteiger partial charge in [-0.15, -0.1) is 11.3 Å². The van der Waals surface area contributed by atoms with Crippen molar-refractivity contribution < 1.29 is 17.9 Å². The van der Waals surface area contributed by atoms with Gasteiger partial charge in [-0.2, -0.15) is 9.55 Å². The summed E-state index contributed by atoms with van der Waals surface area (Å²) in [4.78, 5) is 48.4. The van der Waals surface area contributed by atoms with E-state index in [0.717, 1.165) is 22.1 Å². The molecule has 3 aromatic heterocycles. The molecule has 0 radical (unpaired) electrons. The zero-order valence-electron chi connectivity index (χ0n) is 17.6. The van der Waals surface area contributed by atoms with E-state index in [-0.39, 0.29) is 27.1 Å². The van der Waals surface area contributed by atoms with Crippen LogP contribution >= 0.6 is 11.3 Å². The topological polar surface area (TPSA) is 177 Å². The number of benzene rings is 1. The molecule has 0 atom stereocenters. The van der Waals surface area contributed by atoms with Crippen LogP contribution in [-0.2, 0) is 10.0 Å². The first-order chi connectivity index (χ1) is 16.2. The lowest BCUT2D eigenvalue weighted by Crippen LogP contribution is -2.35. The van der Waals surface area contributed by atoms with Gasteiger partial charge in [0.15, 0.2) is 0 Å². The molecule has 0 aliphatic heterocycles. The number of carbonyl (C=O) groups excluding carboxylic acids is 1. The van der Waals surface area contributed by atoms with Gasteiger partial charge < -0.3 is 20.4 Å². The highest BCUT2D eigenvalue weighted by Crippen LogP contribution is 2.22. The van der Waals surface area contributed by atoms with Crippen molar-refractivity contribution in [3.63, 3.8) is 0 Å². The monoisotopic (exact) mass is 503 g/mol. The Morgan fingerprint density at radius 2 is 2.03 bits per heavy atom. The number of anilines is 2. The molecular weight excluding hydrogens is 486 g/mol. The minimum Gasteiger partial charge on any atom is -0.479 e. The second kappa shape index (κ2) is 8.95. The van der Waals surface area contributed by atoms with Gasteiger partial charge in [-0.05, 0) is 29.6 Å². The van der Waals surface area contributed by atoms with Crippen LogP contribution in [0.25, 0.3) is 16.9 Å². The lowest BCUT2D eigenvalue weighted by atomic mass is 10.2. The number of H-pyrrole nitrogens is 1. The van der Waals surface area contributed by atoms with Gasteiger partial charge in [0.05, 0.1) is 24.2 Å². The first-order valence-electron chi connectivity index (χ1n) is 9.49. The zero-order chi connectivity index (χ0) is 24.5. The maximum atomic E-state index is 12.9. The second-order valence-corrected chi connectivity index (χ2v) is 9.52. The number of aromatic amines is 1. The van der Waals surface area contributed by atoms with E-state index in [4.69, 9.17) is 4.74 Å². The van der Waals surface area contributed by atoms with Crippen molar-refractivity contribution in [3.8, 4) is 11.8 Å². The Kier molecular flexibility index (Phi) is 6.04. The third-order valence-corrected chi connectivity index (χ3v) is 7.28. The maximum absolute atomic E-state index is 12.9. The quantitative estimate of drug-likeness (QED) is 0.300.